The molecule has 7 heteroatoms. The van der Waals surface area contributed by atoms with E-state index < -0.39 is 16.8 Å². The summed E-state index contributed by atoms with van der Waals surface area (Å²) in [6.45, 7) is 0. The molecule has 1 heterocycles. The van der Waals surface area contributed by atoms with Crippen molar-refractivity contribution in [3.05, 3.63) is 118 Å². The van der Waals surface area contributed by atoms with Gasteiger partial charge in [-0.15, -0.1) is 0 Å². The third-order valence-electron chi connectivity index (χ3n) is 6.39. The van der Waals surface area contributed by atoms with Crippen LogP contribution in [0.4, 0.5) is 11.4 Å². The molecule has 0 aromatic heterocycles. The first-order valence-corrected chi connectivity index (χ1v) is 10.7. The van der Waals surface area contributed by atoms with E-state index in [4.69, 9.17) is 0 Å². The zero-order valence-electron chi connectivity index (χ0n) is 17.6. The lowest BCUT2D eigenvalue weighted by Gasteiger charge is -2.32. The monoisotopic (exact) mass is 439 g/mol. The van der Waals surface area contributed by atoms with Gasteiger partial charge < -0.3 is 0 Å². The Labute approximate surface area is 190 Å². The Kier molecular flexibility index (Phi) is 5.22. The number of fused-ring (bicyclic) bond motifs is 1. The molecule has 0 radical (unpaired) electrons. The maximum Gasteiger partial charge on any atom is 0.269 e. The summed E-state index contributed by atoms with van der Waals surface area (Å²) in [6.07, 6.45) is 4.07. The second kappa shape index (κ2) is 8.35. The van der Waals surface area contributed by atoms with Crippen molar-refractivity contribution >= 4 is 23.2 Å². The van der Waals surface area contributed by atoms with Crippen LogP contribution in [-0.2, 0) is 9.59 Å². The number of hydrogen-bond acceptors (Lipinski definition) is 5. The fourth-order valence-corrected chi connectivity index (χ4v) is 4.83. The van der Waals surface area contributed by atoms with Crippen LogP contribution in [0.1, 0.15) is 23.0 Å². The maximum atomic E-state index is 13.6. The van der Waals surface area contributed by atoms with Crippen LogP contribution in [0.15, 0.2) is 97.1 Å². The number of hydrazine groups is 1. The molecule has 0 bridgehead atoms. The number of nitro groups is 1. The zero-order chi connectivity index (χ0) is 22.9. The molecule has 164 valence electrons. The number of nitrogens with zero attached hydrogens (tertiary/aromatic N) is 2. The summed E-state index contributed by atoms with van der Waals surface area (Å²) >= 11 is 0. The Balaban J connectivity index is 1.52. The number of rotatable bonds is 5. The van der Waals surface area contributed by atoms with E-state index >= 15 is 0 Å². The molecule has 3 aromatic carbocycles. The van der Waals surface area contributed by atoms with Crippen molar-refractivity contribution in [2.24, 2.45) is 11.8 Å². The van der Waals surface area contributed by atoms with Crippen LogP contribution in [0.3, 0.4) is 0 Å². The average molecular weight is 439 g/mol. The first-order valence-electron chi connectivity index (χ1n) is 10.7. The summed E-state index contributed by atoms with van der Waals surface area (Å²) in [7, 11) is 0. The Morgan fingerprint density at radius 2 is 1.15 bits per heavy atom. The molecule has 3 aromatic rings. The van der Waals surface area contributed by atoms with Crippen LogP contribution in [0.2, 0.25) is 0 Å². The number of imide groups is 1. The second-order valence-corrected chi connectivity index (χ2v) is 8.24. The molecule has 1 aliphatic carbocycles. The van der Waals surface area contributed by atoms with E-state index in [1.165, 1.54) is 24.3 Å². The lowest BCUT2D eigenvalue weighted by molar-refractivity contribution is -0.384. The predicted octanol–water partition coefficient (Wildman–Crippen LogP) is 4.66. The molecule has 1 N–H and O–H groups in total. The third kappa shape index (κ3) is 3.67. The smallest absolute Gasteiger partial charge is 0.269 e. The van der Waals surface area contributed by atoms with Gasteiger partial charge in [-0.2, -0.15) is 5.01 Å². The van der Waals surface area contributed by atoms with Crippen LogP contribution in [0, 0.1) is 22.0 Å². The van der Waals surface area contributed by atoms with Gasteiger partial charge in [0.1, 0.15) is 0 Å². The summed E-state index contributed by atoms with van der Waals surface area (Å²) in [5, 5.41) is 12.0. The van der Waals surface area contributed by atoms with Gasteiger partial charge in [-0.25, -0.2) is 0 Å². The fourth-order valence-electron chi connectivity index (χ4n) is 4.83. The van der Waals surface area contributed by atoms with Crippen LogP contribution >= 0.6 is 0 Å². The van der Waals surface area contributed by atoms with E-state index in [1.54, 1.807) is 0 Å². The van der Waals surface area contributed by atoms with Crippen molar-refractivity contribution in [1.82, 2.24) is 5.01 Å². The highest BCUT2D eigenvalue weighted by molar-refractivity contribution is 6.07. The minimum Gasteiger partial charge on any atom is -0.289 e. The van der Waals surface area contributed by atoms with Crippen molar-refractivity contribution < 1.29 is 14.5 Å². The van der Waals surface area contributed by atoms with Crippen LogP contribution in [-0.4, -0.2) is 21.7 Å². The Hall–Kier alpha value is -4.26. The van der Waals surface area contributed by atoms with Gasteiger partial charge >= 0.3 is 0 Å². The van der Waals surface area contributed by atoms with Gasteiger partial charge in [0.25, 0.3) is 17.5 Å². The number of benzene rings is 3. The van der Waals surface area contributed by atoms with Crippen molar-refractivity contribution in [3.63, 3.8) is 0 Å². The summed E-state index contributed by atoms with van der Waals surface area (Å²) in [5.41, 5.74) is 5.22. The molecule has 33 heavy (non-hydrogen) atoms. The van der Waals surface area contributed by atoms with E-state index in [1.807, 2.05) is 72.8 Å². The van der Waals surface area contributed by atoms with E-state index in [0.29, 0.717) is 5.69 Å². The zero-order valence-corrected chi connectivity index (χ0v) is 17.6. The number of allylic oxidation sites excluding steroid dienone is 2. The Morgan fingerprint density at radius 3 is 1.58 bits per heavy atom. The highest BCUT2D eigenvalue weighted by Crippen LogP contribution is 2.49. The van der Waals surface area contributed by atoms with Gasteiger partial charge in [0, 0.05) is 24.0 Å². The van der Waals surface area contributed by atoms with Crippen LogP contribution < -0.4 is 5.43 Å². The molecule has 2 aliphatic rings. The van der Waals surface area contributed by atoms with Crippen LogP contribution in [0.5, 0.6) is 0 Å². The Bertz CT molecular complexity index is 1160. The molecule has 1 fully saturated rings. The van der Waals surface area contributed by atoms with Crippen LogP contribution in [0.25, 0.3) is 0 Å². The predicted molar refractivity (Wildman–Crippen MR) is 123 cm³/mol. The van der Waals surface area contributed by atoms with E-state index in [2.05, 4.69) is 5.43 Å². The van der Waals surface area contributed by atoms with Gasteiger partial charge in [-0.1, -0.05) is 72.8 Å². The molecule has 1 aliphatic heterocycles. The fraction of sp³-hybridized carbons (Fsp3) is 0.154. The summed E-state index contributed by atoms with van der Waals surface area (Å²) in [6, 6.07) is 25.1. The van der Waals surface area contributed by atoms with Gasteiger partial charge in [0.2, 0.25) is 0 Å². The number of nitrogens with one attached hydrogen (secondary N) is 1. The van der Waals surface area contributed by atoms with E-state index in [9.17, 15) is 19.7 Å². The number of nitro benzene ring substituents is 1. The largest absolute Gasteiger partial charge is 0.289 e. The maximum absolute atomic E-state index is 13.6. The van der Waals surface area contributed by atoms with Gasteiger partial charge in [-0.3, -0.25) is 25.1 Å². The van der Waals surface area contributed by atoms with E-state index in [-0.39, 0.29) is 29.3 Å². The third-order valence-corrected chi connectivity index (χ3v) is 6.39. The number of carbonyl (C=O) groups excluding carboxylic acids is 2. The molecule has 0 unspecified atom stereocenters. The molecule has 0 spiro atoms. The summed E-state index contributed by atoms with van der Waals surface area (Å²) in [4.78, 5) is 37.6. The number of non-ortho nitro benzene ring substituents is 1. The molecule has 1 saturated heterocycles. The summed E-state index contributed by atoms with van der Waals surface area (Å²) < 4.78 is 0. The first kappa shape index (κ1) is 20.6. The van der Waals surface area contributed by atoms with Gasteiger partial charge in [0.15, 0.2) is 0 Å². The highest BCUT2D eigenvalue weighted by Gasteiger charge is 2.55. The highest BCUT2D eigenvalue weighted by atomic mass is 16.6. The molecule has 4 atom stereocenters. The summed E-state index contributed by atoms with van der Waals surface area (Å²) in [5.74, 6) is -2.17. The average Bonchev–Trinajstić information content (AvgIpc) is 3.10. The van der Waals surface area contributed by atoms with Gasteiger partial charge in [0.05, 0.1) is 22.4 Å². The van der Waals surface area contributed by atoms with Gasteiger partial charge in [-0.05, 0) is 23.3 Å². The molecular formula is C26H21N3O4. The van der Waals surface area contributed by atoms with E-state index in [0.717, 1.165) is 16.1 Å². The topological polar surface area (TPSA) is 92.6 Å². The van der Waals surface area contributed by atoms with Crippen molar-refractivity contribution in [3.8, 4) is 0 Å². The standard InChI is InChI=1S/C26H21N3O4/c30-25-23-21(17-7-3-1-4-8-17)15-16-22(18-9-5-2-6-10-18)24(23)26(31)28(25)27-19-11-13-20(14-12-19)29(32)33/h1-16,21-24,27H/t21-,22-,23-,24+/m0/s1. The molecule has 2 amide bonds. The minimum atomic E-state index is -0.555. The lowest BCUT2D eigenvalue weighted by atomic mass is 9.68. The SMILES string of the molecule is O=C1[C@@H]2[C@H](C(=O)N1Nc1ccc([N+](=O)[O-])cc1)[C@H](c1ccccc1)C=C[C@H]2c1ccccc1. The Morgan fingerprint density at radius 1 is 0.697 bits per heavy atom. The normalized spacial score (nSPS) is 23.9. The molecule has 0 saturated carbocycles. The number of carbonyl (C=O) groups is 2. The number of anilines is 1. The van der Waals surface area contributed by atoms with Crippen molar-refractivity contribution in [2.75, 3.05) is 5.43 Å². The lowest BCUT2D eigenvalue weighted by Crippen LogP contribution is -2.37. The quantitative estimate of drug-likeness (QED) is 0.270. The number of amides is 2. The minimum absolute atomic E-state index is 0.0641. The van der Waals surface area contributed by atoms with Crippen molar-refractivity contribution in [2.45, 2.75) is 11.8 Å². The molecule has 7 nitrogen and oxygen atoms in total. The van der Waals surface area contributed by atoms with Crippen molar-refractivity contribution in [1.29, 1.82) is 0 Å². The first-order chi connectivity index (χ1) is 16.0. The second-order valence-electron chi connectivity index (χ2n) is 8.24. The molecule has 5 rings (SSSR count). The molecular weight excluding hydrogens is 418 g/mol. The number of hydrogen-bond donors (Lipinski definition) is 1.